The summed E-state index contributed by atoms with van der Waals surface area (Å²) in [6.45, 7) is 6.36. The number of aromatic hydroxyl groups is 1. The van der Waals surface area contributed by atoms with Crippen LogP contribution < -0.4 is 9.47 Å². The quantitative estimate of drug-likeness (QED) is 0.508. The van der Waals surface area contributed by atoms with Crippen molar-refractivity contribution in [3.05, 3.63) is 72.3 Å². The van der Waals surface area contributed by atoms with Gasteiger partial charge in [-0.15, -0.1) is 13.2 Å². The second kappa shape index (κ2) is 7.70. The van der Waals surface area contributed by atoms with Crippen LogP contribution in [0.3, 0.4) is 0 Å². The molecule has 0 fully saturated rings. The molecule has 0 saturated carbocycles. The van der Waals surface area contributed by atoms with E-state index in [4.69, 9.17) is 4.74 Å². The van der Waals surface area contributed by atoms with Crippen LogP contribution in [0.25, 0.3) is 11.1 Å². The zero-order valence-electron chi connectivity index (χ0n) is 16.2. The van der Waals surface area contributed by atoms with Gasteiger partial charge in [0.05, 0.1) is 0 Å². The summed E-state index contributed by atoms with van der Waals surface area (Å²) in [7, 11) is 0. The third-order valence-electron chi connectivity index (χ3n) is 4.33. The molecular formula is C23H21F3O3. The summed E-state index contributed by atoms with van der Waals surface area (Å²) in [5.74, 6) is 0.506. The molecule has 0 atom stereocenters. The highest BCUT2D eigenvalue weighted by atomic mass is 19.4. The van der Waals surface area contributed by atoms with Gasteiger partial charge in [-0.3, -0.25) is 0 Å². The van der Waals surface area contributed by atoms with Crippen molar-refractivity contribution < 1.29 is 27.8 Å². The molecule has 3 nitrogen and oxygen atoms in total. The molecule has 0 radical (unpaired) electrons. The van der Waals surface area contributed by atoms with Gasteiger partial charge in [-0.25, -0.2) is 0 Å². The van der Waals surface area contributed by atoms with Crippen LogP contribution in [0, 0.1) is 0 Å². The van der Waals surface area contributed by atoms with E-state index in [2.05, 4.69) is 25.5 Å². The summed E-state index contributed by atoms with van der Waals surface area (Å²) in [6, 6.07) is 17.9. The fraction of sp³-hybridized carbons (Fsp3) is 0.217. The lowest BCUT2D eigenvalue weighted by atomic mass is 9.87. The molecule has 1 N–H and O–H groups in total. The number of ether oxygens (including phenoxy) is 2. The van der Waals surface area contributed by atoms with E-state index in [-0.39, 0.29) is 22.7 Å². The second-order valence-electron chi connectivity index (χ2n) is 7.63. The maximum absolute atomic E-state index is 12.3. The van der Waals surface area contributed by atoms with Gasteiger partial charge in [-0.1, -0.05) is 51.1 Å². The van der Waals surface area contributed by atoms with E-state index in [1.165, 1.54) is 35.9 Å². The number of hydrogen-bond acceptors (Lipinski definition) is 3. The van der Waals surface area contributed by atoms with E-state index in [1.807, 2.05) is 24.3 Å². The molecule has 152 valence electrons. The molecular weight excluding hydrogens is 381 g/mol. The Balaban J connectivity index is 1.75. The Labute approximate surface area is 167 Å². The lowest BCUT2D eigenvalue weighted by Crippen LogP contribution is -2.16. The van der Waals surface area contributed by atoms with Crippen LogP contribution in [-0.2, 0) is 5.41 Å². The summed E-state index contributed by atoms with van der Waals surface area (Å²) in [4.78, 5) is 0. The second-order valence-corrected chi connectivity index (χ2v) is 7.63. The molecule has 0 aliphatic heterocycles. The molecule has 0 amide bonds. The van der Waals surface area contributed by atoms with Gasteiger partial charge >= 0.3 is 6.36 Å². The molecule has 0 saturated heterocycles. The van der Waals surface area contributed by atoms with Gasteiger partial charge < -0.3 is 14.6 Å². The molecule has 29 heavy (non-hydrogen) atoms. The molecule has 3 rings (SSSR count). The van der Waals surface area contributed by atoms with Crippen molar-refractivity contribution in [1.82, 2.24) is 0 Å². The van der Waals surface area contributed by atoms with Gasteiger partial charge in [0.1, 0.15) is 11.5 Å². The molecule has 0 spiro atoms. The Hall–Kier alpha value is -3.15. The highest BCUT2D eigenvalue weighted by molar-refractivity contribution is 5.67. The number of phenolic OH excluding ortho intramolecular Hbond substituents is 1. The molecule has 6 heteroatoms. The first-order valence-corrected chi connectivity index (χ1v) is 8.99. The van der Waals surface area contributed by atoms with Gasteiger partial charge in [0.15, 0.2) is 11.5 Å². The smallest absolute Gasteiger partial charge is 0.504 e. The number of hydrogen-bond donors (Lipinski definition) is 1. The first-order chi connectivity index (χ1) is 13.5. The van der Waals surface area contributed by atoms with E-state index in [0.29, 0.717) is 16.9 Å². The Bertz CT molecular complexity index is 970. The molecule has 0 aromatic heterocycles. The largest absolute Gasteiger partial charge is 0.573 e. The lowest BCUT2D eigenvalue weighted by molar-refractivity contribution is -0.274. The van der Waals surface area contributed by atoms with Crippen molar-refractivity contribution in [3.63, 3.8) is 0 Å². The van der Waals surface area contributed by atoms with Crippen LogP contribution in [0.5, 0.6) is 23.0 Å². The monoisotopic (exact) mass is 402 g/mol. The Morgan fingerprint density at radius 3 is 1.79 bits per heavy atom. The fourth-order valence-electron chi connectivity index (χ4n) is 2.78. The molecule has 0 bridgehead atoms. The van der Waals surface area contributed by atoms with Crippen molar-refractivity contribution in [2.24, 2.45) is 0 Å². The standard InChI is InChI=1S/C23H21F3O3/c1-22(2,3)17-7-11-18(12-8-17)28-21-13-6-16(14-20(21)27)15-4-9-19(10-5-15)29-23(24,25)26/h4-14,27H,1-3H3. The summed E-state index contributed by atoms with van der Waals surface area (Å²) < 4.78 is 46.4. The molecule has 0 aliphatic carbocycles. The van der Waals surface area contributed by atoms with E-state index in [0.717, 1.165) is 0 Å². The molecule has 3 aromatic carbocycles. The van der Waals surface area contributed by atoms with Crippen LogP contribution in [0.2, 0.25) is 0 Å². The number of benzene rings is 3. The maximum atomic E-state index is 12.3. The Morgan fingerprint density at radius 1 is 0.724 bits per heavy atom. The lowest BCUT2D eigenvalue weighted by Gasteiger charge is -2.19. The molecule has 3 aromatic rings. The summed E-state index contributed by atoms with van der Waals surface area (Å²) in [6.07, 6.45) is -4.73. The zero-order chi connectivity index (χ0) is 21.2. The predicted octanol–water partition coefficient (Wildman–Crippen LogP) is 7.05. The van der Waals surface area contributed by atoms with Crippen LogP contribution in [-0.4, -0.2) is 11.5 Å². The fourth-order valence-corrected chi connectivity index (χ4v) is 2.78. The van der Waals surface area contributed by atoms with E-state index >= 15 is 0 Å². The summed E-state index contributed by atoms with van der Waals surface area (Å²) in [5, 5.41) is 10.3. The zero-order valence-corrected chi connectivity index (χ0v) is 16.2. The summed E-state index contributed by atoms with van der Waals surface area (Å²) >= 11 is 0. The highest BCUT2D eigenvalue weighted by Gasteiger charge is 2.31. The van der Waals surface area contributed by atoms with Crippen molar-refractivity contribution in [2.45, 2.75) is 32.5 Å². The minimum absolute atomic E-state index is 0.0308. The minimum Gasteiger partial charge on any atom is -0.504 e. The summed E-state index contributed by atoms with van der Waals surface area (Å²) in [5.41, 5.74) is 2.47. The van der Waals surface area contributed by atoms with Gasteiger partial charge in [0.2, 0.25) is 0 Å². The highest BCUT2D eigenvalue weighted by Crippen LogP contribution is 2.36. The normalized spacial score (nSPS) is 11.9. The van der Waals surface area contributed by atoms with Gasteiger partial charge in [-0.2, -0.15) is 0 Å². The van der Waals surface area contributed by atoms with E-state index in [1.54, 1.807) is 12.1 Å². The van der Waals surface area contributed by atoms with Crippen LogP contribution in [0.15, 0.2) is 66.7 Å². The van der Waals surface area contributed by atoms with Crippen molar-refractivity contribution in [1.29, 1.82) is 0 Å². The average molecular weight is 402 g/mol. The topological polar surface area (TPSA) is 38.7 Å². The SMILES string of the molecule is CC(C)(C)c1ccc(Oc2ccc(-c3ccc(OC(F)(F)F)cc3)cc2O)cc1. The maximum Gasteiger partial charge on any atom is 0.573 e. The van der Waals surface area contributed by atoms with Crippen molar-refractivity contribution >= 4 is 0 Å². The van der Waals surface area contributed by atoms with E-state index in [9.17, 15) is 18.3 Å². The molecule has 0 heterocycles. The number of alkyl halides is 3. The number of rotatable bonds is 4. The third-order valence-corrected chi connectivity index (χ3v) is 4.33. The van der Waals surface area contributed by atoms with Crippen molar-refractivity contribution in [3.8, 4) is 34.1 Å². The molecule has 0 unspecified atom stereocenters. The van der Waals surface area contributed by atoms with E-state index < -0.39 is 6.36 Å². The van der Waals surface area contributed by atoms with Crippen LogP contribution in [0.4, 0.5) is 13.2 Å². The van der Waals surface area contributed by atoms with Crippen LogP contribution in [0.1, 0.15) is 26.3 Å². The van der Waals surface area contributed by atoms with Crippen LogP contribution >= 0.6 is 0 Å². The average Bonchev–Trinajstić information content (AvgIpc) is 2.62. The number of phenols is 1. The number of halogens is 3. The first-order valence-electron chi connectivity index (χ1n) is 8.99. The third kappa shape index (κ3) is 5.44. The minimum atomic E-state index is -4.73. The predicted molar refractivity (Wildman–Crippen MR) is 105 cm³/mol. The first kappa shape index (κ1) is 20.6. The molecule has 0 aliphatic rings. The Morgan fingerprint density at radius 2 is 1.28 bits per heavy atom. The van der Waals surface area contributed by atoms with Gasteiger partial charge in [0, 0.05) is 0 Å². The Kier molecular flexibility index (Phi) is 5.46. The van der Waals surface area contributed by atoms with Crippen molar-refractivity contribution in [2.75, 3.05) is 0 Å². The van der Waals surface area contributed by atoms with Gasteiger partial charge in [-0.05, 0) is 58.5 Å². The van der Waals surface area contributed by atoms with Gasteiger partial charge in [0.25, 0.3) is 0 Å².